The van der Waals surface area contributed by atoms with E-state index < -0.39 is 0 Å². The molecule has 0 saturated heterocycles. The van der Waals surface area contributed by atoms with E-state index in [0.29, 0.717) is 12.5 Å². The van der Waals surface area contributed by atoms with Crippen LogP contribution >= 0.6 is 0 Å². The Balaban J connectivity index is 2.23. The highest BCUT2D eigenvalue weighted by molar-refractivity contribution is 5.33. The maximum Gasteiger partial charge on any atom is 0.000167 e. The van der Waals surface area contributed by atoms with Gasteiger partial charge in [0.05, 0.1) is 0 Å². The lowest BCUT2D eigenvalue weighted by Crippen LogP contribution is -2.15. The molecule has 1 heteroatoms. The van der Waals surface area contributed by atoms with Gasteiger partial charge in [0.15, 0.2) is 0 Å². The van der Waals surface area contributed by atoms with Crippen LogP contribution in [0.3, 0.4) is 0 Å². The SMILES string of the molecule is Cc1ccc(C)c(CC(CN)c2ccccc2)c1. The molecule has 0 bridgehead atoms. The zero-order valence-corrected chi connectivity index (χ0v) is 11.2. The van der Waals surface area contributed by atoms with E-state index in [1.54, 1.807) is 0 Å². The van der Waals surface area contributed by atoms with E-state index in [2.05, 4.69) is 62.4 Å². The van der Waals surface area contributed by atoms with Crippen molar-refractivity contribution in [1.29, 1.82) is 0 Å². The molecule has 0 heterocycles. The summed E-state index contributed by atoms with van der Waals surface area (Å²) < 4.78 is 0. The molecule has 0 aliphatic rings. The average Bonchev–Trinajstić information content (AvgIpc) is 2.41. The molecule has 0 spiro atoms. The fourth-order valence-corrected chi connectivity index (χ4v) is 2.35. The fourth-order valence-electron chi connectivity index (χ4n) is 2.35. The Labute approximate surface area is 110 Å². The van der Waals surface area contributed by atoms with Gasteiger partial charge in [-0.05, 0) is 43.5 Å². The Morgan fingerprint density at radius 2 is 1.72 bits per heavy atom. The zero-order chi connectivity index (χ0) is 13.0. The minimum Gasteiger partial charge on any atom is -0.330 e. The summed E-state index contributed by atoms with van der Waals surface area (Å²) in [6.45, 7) is 5.01. The van der Waals surface area contributed by atoms with Crippen LogP contribution in [0.2, 0.25) is 0 Å². The van der Waals surface area contributed by atoms with Gasteiger partial charge >= 0.3 is 0 Å². The molecule has 94 valence electrons. The summed E-state index contributed by atoms with van der Waals surface area (Å²) in [5.74, 6) is 0.409. The number of nitrogens with two attached hydrogens (primary N) is 1. The normalized spacial score (nSPS) is 12.4. The first kappa shape index (κ1) is 12.8. The molecule has 2 aromatic carbocycles. The quantitative estimate of drug-likeness (QED) is 0.867. The summed E-state index contributed by atoms with van der Waals surface area (Å²) in [5, 5.41) is 0. The van der Waals surface area contributed by atoms with Crippen LogP contribution in [-0.4, -0.2) is 6.54 Å². The summed E-state index contributed by atoms with van der Waals surface area (Å²) in [4.78, 5) is 0. The predicted octanol–water partition coefficient (Wildman–Crippen LogP) is 3.59. The number of aryl methyl sites for hydroxylation is 2. The van der Waals surface area contributed by atoms with E-state index >= 15 is 0 Å². The first-order valence-electron chi connectivity index (χ1n) is 6.52. The minimum absolute atomic E-state index is 0.409. The Kier molecular flexibility index (Phi) is 4.16. The molecule has 1 atom stereocenters. The van der Waals surface area contributed by atoms with Crippen LogP contribution < -0.4 is 5.73 Å². The second kappa shape index (κ2) is 5.83. The first-order valence-corrected chi connectivity index (χ1v) is 6.52. The second-order valence-corrected chi connectivity index (χ2v) is 4.98. The van der Waals surface area contributed by atoms with Gasteiger partial charge in [-0.1, -0.05) is 54.1 Å². The van der Waals surface area contributed by atoms with Gasteiger partial charge in [0.2, 0.25) is 0 Å². The molecule has 2 aromatic rings. The Morgan fingerprint density at radius 3 is 2.39 bits per heavy atom. The smallest absolute Gasteiger partial charge is 0.000167 e. The van der Waals surface area contributed by atoms with Gasteiger partial charge in [-0.3, -0.25) is 0 Å². The first-order chi connectivity index (χ1) is 8.70. The van der Waals surface area contributed by atoms with E-state index in [1.807, 2.05) is 0 Å². The topological polar surface area (TPSA) is 26.0 Å². The summed E-state index contributed by atoms with van der Waals surface area (Å²) >= 11 is 0. The largest absolute Gasteiger partial charge is 0.330 e. The highest BCUT2D eigenvalue weighted by Crippen LogP contribution is 2.22. The van der Waals surface area contributed by atoms with Crippen LogP contribution in [0.5, 0.6) is 0 Å². The molecular weight excluding hydrogens is 218 g/mol. The molecule has 0 aromatic heterocycles. The van der Waals surface area contributed by atoms with Gasteiger partial charge in [-0.25, -0.2) is 0 Å². The van der Waals surface area contributed by atoms with Gasteiger partial charge < -0.3 is 5.73 Å². The summed E-state index contributed by atoms with van der Waals surface area (Å²) in [6.07, 6.45) is 1.02. The van der Waals surface area contributed by atoms with Crippen molar-refractivity contribution in [2.75, 3.05) is 6.54 Å². The van der Waals surface area contributed by atoms with E-state index in [1.165, 1.54) is 22.3 Å². The Hall–Kier alpha value is -1.60. The maximum atomic E-state index is 5.94. The van der Waals surface area contributed by atoms with Crippen molar-refractivity contribution in [3.63, 3.8) is 0 Å². The van der Waals surface area contributed by atoms with Crippen molar-refractivity contribution >= 4 is 0 Å². The van der Waals surface area contributed by atoms with E-state index in [0.717, 1.165) is 6.42 Å². The second-order valence-electron chi connectivity index (χ2n) is 4.98. The molecule has 0 aliphatic heterocycles. The Bertz CT molecular complexity index is 502. The van der Waals surface area contributed by atoms with Crippen LogP contribution in [0.15, 0.2) is 48.5 Å². The van der Waals surface area contributed by atoms with E-state index in [9.17, 15) is 0 Å². The van der Waals surface area contributed by atoms with Crippen molar-refractivity contribution in [2.24, 2.45) is 5.73 Å². The molecule has 1 nitrogen and oxygen atoms in total. The van der Waals surface area contributed by atoms with Crippen LogP contribution in [0, 0.1) is 13.8 Å². The van der Waals surface area contributed by atoms with Crippen molar-refractivity contribution < 1.29 is 0 Å². The highest BCUT2D eigenvalue weighted by Gasteiger charge is 2.11. The van der Waals surface area contributed by atoms with Gasteiger partial charge in [0, 0.05) is 5.92 Å². The minimum atomic E-state index is 0.409. The van der Waals surface area contributed by atoms with Crippen LogP contribution in [-0.2, 0) is 6.42 Å². The third kappa shape index (κ3) is 2.99. The van der Waals surface area contributed by atoms with Gasteiger partial charge in [0.1, 0.15) is 0 Å². The summed E-state index contributed by atoms with van der Waals surface area (Å²) in [7, 11) is 0. The lowest BCUT2D eigenvalue weighted by atomic mass is 9.90. The van der Waals surface area contributed by atoms with Gasteiger partial charge in [-0.15, -0.1) is 0 Å². The van der Waals surface area contributed by atoms with Crippen LogP contribution in [0.4, 0.5) is 0 Å². The molecule has 2 rings (SSSR count). The maximum absolute atomic E-state index is 5.94. The van der Waals surface area contributed by atoms with Gasteiger partial charge in [-0.2, -0.15) is 0 Å². The van der Waals surface area contributed by atoms with Crippen molar-refractivity contribution in [1.82, 2.24) is 0 Å². The summed E-state index contributed by atoms with van der Waals surface area (Å²) in [5.41, 5.74) is 11.4. The monoisotopic (exact) mass is 239 g/mol. The molecule has 18 heavy (non-hydrogen) atoms. The van der Waals surface area contributed by atoms with E-state index in [4.69, 9.17) is 5.73 Å². The molecule has 2 N–H and O–H groups in total. The standard InChI is InChI=1S/C17H21N/c1-13-8-9-14(2)16(10-13)11-17(12-18)15-6-4-3-5-7-15/h3-10,17H,11-12,18H2,1-2H3. The lowest BCUT2D eigenvalue weighted by Gasteiger charge is -2.17. The van der Waals surface area contributed by atoms with Crippen molar-refractivity contribution in [3.8, 4) is 0 Å². The molecule has 0 amide bonds. The number of rotatable bonds is 4. The third-order valence-corrected chi connectivity index (χ3v) is 3.53. The molecule has 1 unspecified atom stereocenters. The molecule has 0 fully saturated rings. The fraction of sp³-hybridized carbons (Fsp3) is 0.294. The molecule has 0 saturated carbocycles. The van der Waals surface area contributed by atoms with Crippen LogP contribution in [0.25, 0.3) is 0 Å². The zero-order valence-electron chi connectivity index (χ0n) is 11.2. The molecule has 0 radical (unpaired) electrons. The van der Waals surface area contributed by atoms with Crippen molar-refractivity contribution in [3.05, 3.63) is 70.8 Å². The lowest BCUT2D eigenvalue weighted by molar-refractivity contribution is 0.691. The number of hydrogen-bond donors (Lipinski definition) is 1. The molecular formula is C17H21N. The third-order valence-electron chi connectivity index (χ3n) is 3.53. The predicted molar refractivity (Wildman–Crippen MR) is 77.9 cm³/mol. The van der Waals surface area contributed by atoms with Crippen LogP contribution in [0.1, 0.15) is 28.2 Å². The molecule has 0 aliphatic carbocycles. The summed E-state index contributed by atoms with van der Waals surface area (Å²) in [6, 6.07) is 17.2. The average molecular weight is 239 g/mol. The van der Waals surface area contributed by atoms with Crippen molar-refractivity contribution in [2.45, 2.75) is 26.2 Å². The van der Waals surface area contributed by atoms with E-state index in [-0.39, 0.29) is 0 Å². The Morgan fingerprint density at radius 1 is 1.00 bits per heavy atom. The number of benzene rings is 2. The number of hydrogen-bond acceptors (Lipinski definition) is 1. The van der Waals surface area contributed by atoms with Gasteiger partial charge in [0.25, 0.3) is 0 Å². The highest BCUT2D eigenvalue weighted by atomic mass is 14.5.